The Labute approximate surface area is 174 Å². The standard InChI is InChI=1S/C23H23ClN4O/c1-3-28-22-15(2)25-7-6-18(22)20-13-17(24)12-19(23(20)28)16-4-5-21(26-14-16)27-8-10-29-11-9-27/h4-7,12-14H,3,8-11H2,1-2H3. The molecule has 5 nitrogen and oxygen atoms in total. The van der Waals surface area contributed by atoms with Crippen molar-refractivity contribution in [1.82, 2.24) is 14.5 Å². The number of halogens is 1. The SMILES string of the molecule is CCn1c2c(-c3ccc(N4CCOCC4)nc3)cc(Cl)cc2c2ccnc(C)c21. The van der Waals surface area contributed by atoms with Crippen molar-refractivity contribution in [2.45, 2.75) is 20.4 Å². The van der Waals surface area contributed by atoms with Crippen molar-refractivity contribution in [3.63, 3.8) is 0 Å². The van der Waals surface area contributed by atoms with Gasteiger partial charge in [0.05, 0.1) is 29.9 Å². The molecule has 5 rings (SSSR count). The van der Waals surface area contributed by atoms with E-state index in [1.54, 1.807) is 0 Å². The van der Waals surface area contributed by atoms with E-state index in [9.17, 15) is 0 Å². The van der Waals surface area contributed by atoms with Crippen LogP contribution in [0.2, 0.25) is 5.02 Å². The van der Waals surface area contributed by atoms with Gasteiger partial charge in [0.15, 0.2) is 0 Å². The first-order chi connectivity index (χ1) is 14.2. The third-order valence-electron chi connectivity index (χ3n) is 5.72. The normalized spacial score (nSPS) is 14.8. The molecule has 0 spiro atoms. The third-order valence-corrected chi connectivity index (χ3v) is 5.94. The van der Waals surface area contributed by atoms with E-state index in [-0.39, 0.29) is 0 Å². The first-order valence-corrected chi connectivity index (χ1v) is 10.4. The van der Waals surface area contributed by atoms with E-state index >= 15 is 0 Å². The van der Waals surface area contributed by atoms with E-state index in [1.807, 2.05) is 18.5 Å². The van der Waals surface area contributed by atoms with Crippen molar-refractivity contribution in [3.05, 3.63) is 53.4 Å². The molecule has 0 radical (unpaired) electrons. The van der Waals surface area contributed by atoms with Crippen LogP contribution >= 0.6 is 11.6 Å². The molecule has 0 unspecified atom stereocenters. The van der Waals surface area contributed by atoms with Crippen LogP contribution in [0.15, 0.2) is 42.7 Å². The molecule has 0 N–H and O–H groups in total. The molecule has 4 aromatic rings. The number of hydrogen-bond donors (Lipinski definition) is 0. The van der Waals surface area contributed by atoms with E-state index in [0.717, 1.165) is 65.9 Å². The first-order valence-electron chi connectivity index (χ1n) is 10.0. The number of aromatic nitrogens is 3. The van der Waals surface area contributed by atoms with Gasteiger partial charge in [0.25, 0.3) is 0 Å². The second-order valence-corrected chi connectivity index (χ2v) is 7.83. The molecular weight excluding hydrogens is 384 g/mol. The van der Waals surface area contributed by atoms with E-state index in [1.165, 1.54) is 16.4 Å². The summed E-state index contributed by atoms with van der Waals surface area (Å²) in [5, 5.41) is 3.08. The first kappa shape index (κ1) is 18.4. The molecule has 1 aromatic carbocycles. The molecule has 4 heterocycles. The Hall–Kier alpha value is -2.63. The van der Waals surface area contributed by atoms with Crippen LogP contribution in [0.25, 0.3) is 32.9 Å². The zero-order valence-electron chi connectivity index (χ0n) is 16.7. The minimum Gasteiger partial charge on any atom is -0.378 e. The molecular formula is C23H23ClN4O. The summed E-state index contributed by atoms with van der Waals surface area (Å²) in [6.45, 7) is 8.36. The third kappa shape index (κ3) is 3.05. The number of ether oxygens (including phenoxy) is 1. The molecule has 0 bridgehead atoms. The van der Waals surface area contributed by atoms with Crippen molar-refractivity contribution in [1.29, 1.82) is 0 Å². The molecule has 0 atom stereocenters. The van der Waals surface area contributed by atoms with Gasteiger partial charge in [0.1, 0.15) is 5.82 Å². The maximum atomic E-state index is 6.55. The van der Waals surface area contributed by atoms with Gasteiger partial charge in [-0.25, -0.2) is 4.98 Å². The lowest BCUT2D eigenvalue weighted by molar-refractivity contribution is 0.122. The highest BCUT2D eigenvalue weighted by Gasteiger charge is 2.18. The molecule has 29 heavy (non-hydrogen) atoms. The van der Waals surface area contributed by atoms with Crippen LogP contribution in [0, 0.1) is 6.92 Å². The molecule has 3 aromatic heterocycles. The van der Waals surface area contributed by atoms with Crippen molar-refractivity contribution in [3.8, 4) is 11.1 Å². The highest BCUT2D eigenvalue weighted by molar-refractivity contribution is 6.32. The van der Waals surface area contributed by atoms with Crippen LogP contribution in [0.4, 0.5) is 5.82 Å². The lowest BCUT2D eigenvalue weighted by Crippen LogP contribution is -2.36. The lowest BCUT2D eigenvalue weighted by atomic mass is 10.0. The van der Waals surface area contributed by atoms with Gasteiger partial charge in [0, 0.05) is 58.9 Å². The van der Waals surface area contributed by atoms with Crippen molar-refractivity contribution >= 4 is 39.2 Å². The minimum absolute atomic E-state index is 0.731. The number of fused-ring (bicyclic) bond motifs is 3. The second kappa shape index (κ2) is 7.32. The van der Waals surface area contributed by atoms with E-state index in [4.69, 9.17) is 21.3 Å². The summed E-state index contributed by atoms with van der Waals surface area (Å²) in [5.74, 6) is 0.992. The topological polar surface area (TPSA) is 43.2 Å². The average Bonchev–Trinajstić information content (AvgIpc) is 3.09. The van der Waals surface area contributed by atoms with Gasteiger partial charge in [-0.2, -0.15) is 0 Å². The summed E-state index contributed by atoms with van der Waals surface area (Å²) in [6, 6.07) is 10.4. The predicted molar refractivity (Wildman–Crippen MR) is 119 cm³/mol. The quantitative estimate of drug-likeness (QED) is 0.476. The number of hydrogen-bond acceptors (Lipinski definition) is 4. The number of morpholine rings is 1. The maximum absolute atomic E-state index is 6.55. The average molecular weight is 407 g/mol. The Bertz CT molecular complexity index is 1190. The molecule has 0 amide bonds. The Morgan fingerprint density at radius 1 is 1.03 bits per heavy atom. The largest absolute Gasteiger partial charge is 0.378 e. The fraction of sp³-hybridized carbons (Fsp3) is 0.304. The van der Waals surface area contributed by atoms with Gasteiger partial charge in [-0.15, -0.1) is 0 Å². The fourth-order valence-corrected chi connectivity index (χ4v) is 4.60. The van der Waals surface area contributed by atoms with Crippen molar-refractivity contribution in [2.75, 3.05) is 31.2 Å². The second-order valence-electron chi connectivity index (χ2n) is 7.39. The summed E-state index contributed by atoms with van der Waals surface area (Å²) in [5.41, 5.74) is 5.56. The molecule has 1 aliphatic heterocycles. The maximum Gasteiger partial charge on any atom is 0.128 e. The molecule has 6 heteroatoms. The summed E-state index contributed by atoms with van der Waals surface area (Å²) in [6.07, 6.45) is 3.83. The Kier molecular flexibility index (Phi) is 4.64. The monoisotopic (exact) mass is 406 g/mol. The van der Waals surface area contributed by atoms with Crippen molar-refractivity contribution < 1.29 is 4.74 Å². The van der Waals surface area contributed by atoms with Gasteiger partial charge in [-0.05, 0) is 44.2 Å². The molecule has 148 valence electrons. The van der Waals surface area contributed by atoms with Gasteiger partial charge >= 0.3 is 0 Å². The summed E-state index contributed by atoms with van der Waals surface area (Å²) in [4.78, 5) is 11.5. The minimum atomic E-state index is 0.731. The number of rotatable bonds is 3. The molecule has 1 saturated heterocycles. The molecule has 0 aliphatic carbocycles. The molecule has 0 saturated carbocycles. The van der Waals surface area contributed by atoms with Gasteiger partial charge in [-0.1, -0.05) is 11.6 Å². The smallest absolute Gasteiger partial charge is 0.128 e. The van der Waals surface area contributed by atoms with Crippen LogP contribution in [0.3, 0.4) is 0 Å². The zero-order valence-corrected chi connectivity index (χ0v) is 17.4. The highest BCUT2D eigenvalue weighted by atomic mass is 35.5. The number of benzene rings is 1. The Balaban J connectivity index is 1.70. The summed E-state index contributed by atoms with van der Waals surface area (Å²) in [7, 11) is 0. The predicted octanol–water partition coefficient (Wildman–Crippen LogP) is 5.07. The Morgan fingerprint density at radius 3 is 2.59 bits per heavy atom. The van der Waals surface area contributed by atoms with E-state index in [0.29, 0.717) is 0 Å². The zero-order chi connectivity index (χ0) is 20.0. The number of aryl methyl sites for hydroxylation is 2. The van der Waals surface area contributed by atoms with E-state index in [2.05, 4.69) is 52.6 Å². The van der Waals surface area contributed by atoms with Crippen LogP contribution in [0.5, 0.6) is 0 Å². The van der Waals surface area contributed by atoms with E-state index < -0.39 is 0 Å². The fourth-order valence-electron chi connectivity index (χ4n) is 4.38. The van der Waals surface area contributed by atoms with Crippen LogP contribution in [-0.4, -0.2) is 40.8 Å². The molecule has 1 aliphatic rings. The highest BCUT2D eigenvalue weighted by Crippen LogP contribution is 2.39. The van der Waals surface area contributed by atoms with Gasteiger partial charge < -0.3 is 14.2 Å². The lowest BCUT2D eigenvalue weighted by Gasteiger charge is -2.27. The molecule has 1 fully saturated rings. The summed E-state index contributed by atoms with van der Waals surface area (Å²) >= 11 is 6.55. The number of pyridine rings is 2. The van der Waals surface area contributed by atoms with Crippen LogP contribution in [-0.2, 0) is 11.3 Å². The van der Waals surface area contributed by atoms with Crippen LogP contribution < -0.4 is 4.90 Å². The van der Waals surface area contributed by atoms with Gasteiger partial charge in [0.2, 0.25) is 0 Å². The van der Waals surface area contributed by atoms with Crippen LogP contribution in [0.1, 0.15) is 12.6 Å². The number of nitrogens with zero attached hydrogens (tertiary/aromatic N) is 4. The summed E-state index contributed by atoms with van der Waals surface area (Å²) < 4.78 is 7.79. The Morgan fingerprint density at radius 2 is 1.86 bits per heavy atom. The van der Waals surface area contributed by atoms with Gasteiger partial charge in [-0.3, -0.25) is 4.98 Å². The number of anilines is 1. The van der Waals surface area contributed by atoms with Crippen molar-refractivity contribution in [2.24, 2.45) is 0 Å².